The van der Waals surface area contributed by atoms with Crippen molar-refractivity contribution in [1.29, 1.82) is 0 Å². The normalized spacial score (nSPS) is 10.7. The van der Waals surface area contributed by atoms with Crippen LogP contribution in [-0.4, -0.2) is 15.9 Å². The third-order valence-corrected chi connectivity index (χ3v) is 5.75. The second-order valence-electron chi connectivity index (χ2n) is 4.94. The van der Waals surface area contributed by atoms with Gasteiger partial charge in [0.05, 0.1) is 15.1 Å². The van der Waals surface area contributed by atoms with Gasteiger partial charge in [-0.1, -0.05) is 64.6 Å². The van der Waals surface area contributed by atoms with Gasteiger partial charge in [0.2, 0.25) is 0 Å². The van der Waals surface area contributed by atoms with Crippen LogP contribution < -0.4 is 5.32 Å². The first-order chi connectivity index (χ1) is 12.0. The van der Waals surface area contributed by atoms with Crippen molar-refractivity contribution < 1.29 is 4.79 Å². The summed E-state index contributed by atoms with van der Waals surface area (Å²) in [4.78, 5) is 21.4. The molecule has 0 saturated heterocycles. The van der Waals surface area contributed by atoms with Crippen molar-refractivity contribution in [3.05, 3.63) is 72.9 Å². The van der Waals surface area contributed by atoms with E-state index >= 15 is 0 Å². The van der Waals surface area contributed by atoms with Gasteiger partial charge in [-0.05, 0) is 11.6 Å². The molecule has 1 aromatic carbocycles. The Labute approximate surface area is 167 Å². The molecule has 0 unspecified atom stereocenters. The van der Waals surface area contributed by atoms with Crippen LogP contribution in [0.2, 0.25) is 20.1 Å². The average molecular weight is 433 g/mol. The Kier molecular flexibility index (Phi) is 5.81. The van der Waals surface area contributed by atoms with Crippen LogP contribution in [0.5, 0.6) is 0 Å². The van der Waals surface area contributed by atoms with Crippen molar-refractivity contribution in [1.82, 2.24) is 9.97 Å². The largest absolute Gasteiger partial charge is 0.296 e. The monoisotopic (exact) mass is 431 g/mol. The lowest BCUT2D eigenvalue weighted by Gasteiger charge is -2.05. The van der Waals surface area contributed by atoms with Crippen molar-refractivity contribution in [2.45, 2.75) is 6.42 Å². The predicted octanol–water partition coefficient (Wildman–Crippen LogP) is 5.99. The summed E-state index contributed by atoms with van der Waals surface area (Å²) in [6.45, 7) is 0. The van der Waals surface area contributed by atoms with Crippen LogP contribution in [0.1, 0.15) is 20.9 Å². The zero-order chi connectivity index (χ0) is 18.0. The number of anilines is 1. The highest BCUT2D eigenvalue weighted by atomic mass is 35.5. The summed E-state index contributed by atoms with van der Waals surface area (Å²) in [7, 11) is 0. The Balaban J connectivity index is 1.74. The Morgan fingerprint density at radius 1 is 1.00 bits per heavy atom. The topological polar surface area (TPSA) is 54.9 Å². The number of benzene rings is 1. The molecule has 0 bridgehead atoms. The van der Waals surface area contributed by atoms with E-state index in [2.05, 4.69) is 15.3 Å². The number of nitrogens with one attached hydrogen (secondary N) is 1. The molecule has 0 fully saturated rings. The fourth-order valence-corrected chi connectivity index (χ4v) is 3.63. The summed E-state index contributed by atoms with van der Waals surface area (Å²) in [6.07, 6.45) is 3.59. The molecule has 2 aromatic heterocycles. The van der Waals surface area contributed by atoms with Gasteiger partial charge in [-0.15, -0.1) is 11.3 Å². The van der Waals surface area contributed by atoms with E-state index < -0.39 is 5.91 Å². The molecule has 0 aliphatic carbocycles. The van der Waals surface area contributed by atoms with E-state index in [-0.39, 0.29) is 20.8 Å². The predicted molar refractivity (Wildman–Crippen MR) is 104 cm³/mol. The van der Waals surface area contributed by atoms with Crippen LogP contribution in [0.4, 0.5) is 5.13 Å². The molecule has 3 rings (SSSR count). The third-order valence-electron chi connectivity index (χ3n) is 3.23. The van der Waals surface area contributed by atoms with E-state index in [0.29, 0.717) is 16.6 Å². The second kappa shape index (κ2) is 7.89. The molecule has 1 amide bonds. The van der Waals surface area contributed by atoms with Gasteiger partial charge < -0.3 is 0 Å². The van der Waals surface area contributed by atoms with Gasteiger partial charge in [-0.2, -0.15) is 0 Å². The van der Waals surface area contributed by atoms with Gasteiger partial charge in [-0.3, -0.25) is 10.1 Å². The average Bonchev–Trinajstić information content (AvgIpc) is 3.02. The molecule has 3 aromatic rings. The van der Waals surface area contributed by atoms with Crippen LogP contribution in [-0.2, 0) is 6.42 Å². The van der Waals surface area contributed by atoms with Crippen molar-refractivity contribution in [2.75, 3.05) is 5.32 Å². The molecule has 0 saturated carbocycles. The summed E-state index contributed by atoms with van der Waals surface area (Å²) in [6, 6.07) is 7.57. The molecule has 9 heteroatoms. The van der Waals surface area contributed by atoms with E-state index in [9.17, 15) is 4.79 Å². The highest BCUT2D eigenvalue weighted by Crippen LogP contribution is 2.32. The Morgan fingerprint density at radius 3 is 2.52 bits per heavy atom. The maximum atomic E-state index is 12.3. The minimum absolute atomic E-state index is 0.000450. The van der Waals surface area contributed by atoms with Gasteiger partial charge >= 0.3 is 0 Å². The number of pyridine rings is 1. The van der Waals surface area contributed by atoms with Gasteiger partial charge in [-0.25, -0.2) is 9.97 Å². The first kappa shape index (κ1) is 18.4. The first-order valence-corrected chi connectivity index (χ1v) is 9.27. The molecule has 0 atom stereocenters. The number of hydrogen-bond acceptors (Lipinski definition) is 4. The van der Waals surface area contributed by atoms with E-state index in [1.165, 1.54) is 17.5 Å². The van der Waals surface area contributed by atoms with Crippen molar-refractivity contribution in [2.24, 2.45) is 0 Å². The quantitative estimate of drug-likeness (QED) is 0.550. The molecule has 0 spiro atoms. The number of aromatic nitrogens is 2. The lowest BCUT2D eigenvalue weighted by atomic mass is 10.1. The fraction of sp³-hybridized carbons (Fsp3) is 0.0625. The number of halogens is 4. The minimum atomic E-state index is -0.512. The minimum Gasteiger partial charge on any atom is -0.296 e. The Hall–Kier alpha value is -1.37. The lowest BCUT2D eigenvalue weighted by Crippen LogP contribution is -2.14. The summed E-state index contributed by atoms with van der Waals surface area (Å²) >= 11 is 25.3. The Bertz CT molecular complexity index is 945. The van der Waals surface area contributed by atoms with Gasteiger partial charge in [0.25, 0.3) is 5.91 Å². The number of nitrogens with zero attached hydrogens (tertiary/aromatic N) is 2. The first-order valence-electron chi connectivity index (χ1n) is 6.94. The zero-order valence-corrected chi connectivity index (χ0v) is 16.2. The summed E-state index contributed by atoms with van der Waals surface area (Å²) in [5.41, 5.74) is 0.971. The second-order valence-corrected chi connectivity index (χ2v) is 7.62. The zero-order valence-electron chi connectivity index (χ0n) is 12.4. The highest BCUT2D eigenvalue weighted by Gasteiger charge is 2.18. The number of amides is 1. The smallest absolute Gasteiger partial charge is 0.277 e. The molecule has 4 nitrogen and oxygen atoms in total. The maximum absolute atomic E-state index is 12.3. The molecule has 0 radical (unpaired) electrons. The lowest BCUT2D eigenvalue weighted by molar-refractivity contribution is 0.102. The molecule has 0 aliphatic heterocycles. The summed E-state index contributed by atoms with van der Waals surface area (Å²) < 4.78 is 0. The van der Waals surface area contributed by atoms with Crippen LogP contribution in [0.3, 0.4) is 0 Å². The van der Waals surface area contributed by atoms with E-state index in [0.717, 1.165) is 10.4 Å². The Morgan fingerprint density at radius 2 is 1.76 bits per heavy atom. The van der Waals surface area contributed by atoms with E-state index in [1.807, 2.05) is 24.3 Å². The maximum Gasteiger partial charge on any atom is 0.277 e. The van der Waals surface area contributed by atoms with Crippen LogP contribution in [0.25, 0.3) is 0 Å². The van der Waals surface area contributed by atoms with Crippen LogP contribution in [0, 0.1) is 0 Å². The van der Waals surface area contributed by atoms with Gasteiger partial charge in [0.15, 0.2) is 5.13 Å². The molecular weight excluding hydrogens is 424 g/mol. The number of hydrogen-bond donors (Lipinski definition) is 1. The number of thiazole rings is 1. The number of carbonyl (C=O) groups is 1. The van der Waals surface area contributed by atoms with Gasteiger partial charge in [0, 0.05) is 28.7 Å². The highest BCUT2D eigenvalue weighted by molar-refractivity contribution is 7.15. The number of carbonyl (C=O) groups excluding carboxylic acids is 1. The molecule has 128 valence electrons. The van der Waals surface area contributed by atoms with E-state index in [1.54, 1.807) is 6.20 Å². The molecule has 25 heavy (non-hydrogen) atoms. The van der Waals surface area contributed by atoms with Crippen LogP contribution >= 0.6 is 57.7 Å². The third kappa shape index (κ3) is 4.25. The standard InChI is InChI=1S/C16H9Cl4N3OS/c17-10-4-2-1-3-8(10)5-9-6-22-16(25-9)23-15(24)14-13(20)12(19)11(18)7-21-14/h1-4,6-7H,5H2,(H,22,23,24). The summed E-state index contributed by atoms with van der Waals surface area (Å²) in [5, 5.41) is 4.03. The van der Waals surface area contributed by atoms with Gasteiger partial charge in [0.1, 0.15) is 5.69 Å². The fourth-order valence-electron chi connectivity index (χ4n) is 2.03. The number of rotatable bonds is 4. The molecular formula is C16H9Cl4N3OS. The van der Waals surface area contributed by atoms with Crippen molar-refractivity contribution >= 4 is 68.8 Å². The molecule has 0 aliphatic rings. The summed E-state index contributed by atoms with van der Waals surface area (Å²) in [5.74, 6) is -0.512. The molecule has 2 heterocycles. The van der Waals surface area contributed by atoms with Crippen molar-refractivity contribution in [3.63, 3.8) is 0 Å². The van der Waals surface area contributed by atoms with Crippen LogP contribution in [0.15, 0.2) is 36.7 Å². The molecule has 1 N–H and O–H groups in total. The van der Waals surface area contributed by atoms with E-state index in [4.69, 9.17) is 46.4 Å². The van der Waals surface area contributed by atoms with Crippen molar-refractivity contribution in [3.8, 4) is 0 Å². The SMILES string of the molecule is O=C(Nc1ncc(Cc2ccccc2Cl)s1)c1ncc(Cl)c(Cl)c1Cl.